The average Bonchev–Trinajstić information content (AvgIpc) is 3.39. The normalized spacial score (nSPS) is 24.8. The Morgan fingerprint density at radius 1 is 0.844 bits per heavy atom. The van der Waals surface area contributed by atoms with Gasteiger partial charge in [-0.1, -0.05) is 57.2 Å². The molecule has 3 aromatic rings. The van der Waals surface area contributed by atoms with Gasteiger partial charge >= 0.3 is 0 Å². The molecule has 0 amide bonds. The Bertz CT molecular complexity index is 1040. The molecule has 3 atom stereocenters. The maximum Gasteiger partial charge on any atom is 0.170 e. The Morgan fingerprint density at radius 3 is 1.97 bits per heavy atom. The minimum absolute atomic E-state index is 0.0458. The number of benzene rings is 3. The molecule has 0 saturated heterocycles. The van der Waals surface area contributed by atoms with Gasteiger partial charge in [0.15, 0.2) is 26.3 Å². The van der Waals surface area contributed by atoms with Crippen molar-refractivity contribution in [1.82, 2.24) is 0 Å². The molecular weight excluding hydrogens is 415 g/mol. The van der Waals surface area contributed by atoms with Gasteiger partial charge in [0.05, 0.1) is 10.9 Å². The molecule has 0 N–H and O–H groups in total. The van der Waals surface area contributed by atoms with Crippen molar-refractivity contribution in [1.29, 1.82) is 0 Å². The molecule has 0 heterocycles. The van der Waals surface area contributed by atoms with E-state index in [-0.39, 0.29) is 27.7 Å². The molecule has 0 aromatic heterocycles. The third kappa shape index (κ3) is 3.75. The molecule has 0 aliphatic heterocycles. The molecule has 166 valence electrons. The van der Waals surface area contributed by atoms with Crippen molar-refractivity contribution in [2.75, 3.05) is 0 Å². The first kappa shape index (κ1) is 21.6. The summed E-state index contributed by atoms with van der Waals surface area (Å²) in [5.74, 6) is 1.38. The molecule has 2 fully saturated rings. The SMILES string of the molecule is CC(C)(C)C1(Oc2cc([S+](c3ccccc3)c3ccccc3)ccc2F)CC2CCC1C2. The van der Waals surface area contributed by atoms with E-state index in [0.717, 1.165) is 11.3 Å². The largest absolute Gasteiger partial charge is 0.483 e. The summed E-state index contributed by atoms with van der Waals surface area (Å²) in [5, 5.41) is 0. The zero-order valence-electron chi connectivity index (χ0n) is 19.2. The second kappa shape index (κ2) is 8.26. The van der Waals surface area contributed by atoms with E-state index >= 15 is 4.39 Å². The molecule has 0 radical (unpaired) electrons. The summed E-state index contributed by atoms with van der Waals surface area (Å²) in [5.41, 5.74) is -0.344. The first-order valence-corrected chi connectivity index (χ1v) is 12.9. The highest BCUT2D eigenvalue weighted by atomic mass is 32.2. The van der Waals surface area contributed by atoms with Gasteiger partial charge in [0, 0.05) is 11.5 Å². The van der Waals surface area contributed by atoms with Crippen LogP contribution in [0.15, 0.2) is 93.5 Å². The second-order valence-electron chi connectivity index (χ2n) is 10.3. The highest BCUT2D eigenvalue weighted by Gasteiger charge is 2.59. The van der Waals surface area contributed by atoms with E-state index in [9.17, 15) is 0 Å². The summed E-state index contributed by atoms with van der Waals surface area (Å²) in [7, 11) is -0.319. The van der Waals surface area contributed by atoms with E-state index in [0.29, 0.717) is 17.6 Å². The molecular formula is C29H32FOS+. The summed E-state index contributed by atoms with van der Waals surface area (Å²) in [6, 6.07) is 26.5. The number of rotatable bonds is 5. The van der Waals surface area contributed by atoms with Crippen LogP contribution in [-0.4, -0.2) is 5.60 Å². The average molecular weight is 448 g/mol. The molecule has 3 aromatic carbocycles. The minimum Gasteiger partial charge on any atom is -0.483 e. The summed E-state index contributed by atoms with van der Waals surface area (Å²) < 4.78 is 22.0. The number of hydrogen-bond acceptors (Lipinski definition) is 1. The minimum atomic E-state index is -0.319. The van der Waals surface area contributed by atoms with Gasteiger partial charge in [0.1, 0.15) is 5.60 Å². The Balaban J connectivity index is 1.57. The Hall–Kier alpha value is -2.26. The van der Waals surface area contributed by atoms with Gasteiger partial charge in [-0.25, -0.2) is 4.39 Å². The fourth-order valence-electron chi connectivity index (χ4n) is 5.88. The first-order valence-electron chi connectivity index (χ1n) is 11.7. The van der Waals surface area contributed by atoms with Gasteiger partial charge in [0.25, 0.3) is 0 Å². The predicted octanol–water partition coefficient (Wildman–Crippen LogP) is 7.90. The molecule has 3 unspecified atom stereocenters. The lowest BCUT2D eigenvalue weighted by Crippen LogP contribution is -2.52. The van der Waals surface area contributed by atoms with Crippen molar-refractivity contribution in [2.45, 2.75) is 66.7 Å². The molecule has 2 aliphatic rings. The van der Waals surface area contributed by atoms with E-state index < -0.39 is 0 Å². The summed E-state index contributed by atoms with van der Waals surface area (Å²) in [6.45, 7) is 6.77. The van der Waals surface area contributed by atoms with E-state index in [4.69, 9.17) is 4.74 Å². The topological polar surface area (TPSA) is 9.23 Å². The lowest BCUT2D eigenvalue weighted by molar-refractivity contribution is -0.0786. The van der Waals surface area contributed by atoms with Crippen LogP contribution in [0.4, 0.5) is 4.39 Å². The predicted molar refractivity (Wildman–Crippen MR) is 130 cm³/mol. The van der Waals surface area contributed by atoms with E-state index in [1.807, 2.05) is 24.3 Å². The third-order valence-corrected chi connectivity index (χ3v) is 9.66. The van der Waals surface area contributed by atoms with E-state index in [1.165, 1.54) is 29.1 Å². The van der Waals surface area contributed by atoms with Crippen molar-refractivity contribution in [2.24, 2.45) is 17.3 Å². The van der Waals surface area contributed by atoms with Gasteiger partial charge < -0.3 is 4.74 Å². The smallest absolute Gasteiger partial charge is 0.170 e. The Labute approximate surface area is 194 Å². The quantitative estimate of drug-likeness (QED) is 0.361. The van der Waals surface area contributed by atoms with Gasteiger partial charge in [0.2, 0.25) is 0 Å². The summed E-state index contributed by atoms with van der Waals surface area (Å²) >= 11 is 0. The van der Waals surface area contributed by atoms with Gasteiger partial charge in [-0.2, -0.15) is 0 Å². The highest BCUT2D eigenvalue weighted by Crippen LogP contribution is 2.59. The number of ether oxygens (including phenoxy) is 1. The zero-order chi connectivity index (χ0) is 22.3. The van der Waals surface area contributed by atoms with Crippen LogP contribution in [0.25, 0.3) is 0 Å². The van der Waals surface area contributed by atoms with Crippen LogP contribution in [0.1, 0.15) is 46.5 Å². The third-order valence-electron chi connectivity index (χ3n) is 7.45. The van der Waals surface area contributed by atoms with E-state index in [1.54, 1.807) is 6.07 Å². The number of hydrogen-bond donors (Lipinski definition) is 0. The lowest BCUT2D eigenvalue weighted by atomic mass is 9.67. The standard InChI is InChI=1S/C29H32FOS/c1-28(2,3)29(20-21-14-15-22(29)18-21)31-27-19-25(16-17-26(27)30)32(23-10-6-4-7-11-23)24-12-8-5-9-13-24/h4-13,16-17,19,21-22H,14-15,18,20H2,1-3H3/q+1. The van der Waals surface area contributed by atoms with E-state index in [2.05, 4.69) is 69.3 Å². The van der Waals surface area contributed by atoms with Crippen LogP contribution < -0.4 is 4.74 Å². The van der Waals surface area contributed by atoms with Crippen LogP contribution in [0.5, 0.6) is 5.75 Å². The fraction of sp³-hybridized carbons (Fsp3) is 0.379. The van der Waals surface area contributed by atoms with Gasteiger partial charge in [-0.15, -0.1) is 0 Å². The van der Waals surface area contributed by atoms with Crippen molar-refractivity contribution in [3.8, 4) is 5.75 Å². The number of halogens is 1. The molecule has 2 saturated carbocycles. The van der Waals surface area contributed by atoms with Crippen molar-refractivity contribution in [3.05, 3.63) is 84.7 Å². The fourth-order valence-corrected chi connectivity index (χ4v) is 7.99. The molecule has 1 nitrogen and oxygen atoms in total. The molecule has 32 heavy (non-hydrogen) atoms. The molecule has 5 rings (SSSR count). The van der Waals surface area contributed by atoms with Crippen molar-refractivity contribution >= 4 is 10.9 Å². The van der Waals surface area contributed by atoms with Gasteiger partial charge in [-0.3, -0.25) is 0 Å². The monoisotopic (exact) mass is 447 g/mol. The molecule has 2 bridgehead atoms. The van der Waals surface area contributed by atoms with Crippen LogP contribution >= 0.6 is 0 Å². The van der Waals surface area contributed by atoms with Crippen LogP contribution in [-0.2, 0) is 10.9 Å². The van der Waals surface area contributed by atoms with Crippen LogP contribution in [0.2, 0.25) is 0 Å². The highest BCUT2D eigenvalue weighted by molar-refractivity contribution is 7.97. The van der Waals surface area contributed by atoms with Crippen molar-refractivity contribution in [3.63, 3.8) is 0 Å². The Kier molecular flexibility index (Phi) is 5.57. The van der Waals surface area contributed by atoms with Crippen molar-refractivity contribution < 1.29 is 9.13 Å². The Morgan fingerprint density at radius 2 is 1.47 bits per heavy atom. The maximum absolute atomic E-state index is 15.2. The lowest BCUT2D eigenvalue weighted by Gasteiger charge is -2.47. The molecule has 3 heteroatoms. The van der Waals surface area contributed by atoms with Gasteiger partial charge in [-0.05, 0) is 73.9 Å². The first-order chi connectivity index (χ1) is 15.4. The number of fused-ring (bicyclic) bond motifs is 2. The summed E-state index contributed by atoms with van der Waals surface area (Å²) in [4.78, 5) is 3.54. The zero-order valence-corrected chi connectivity index (χ0v) is 20.0. The summed E-state index contributed by atoms with van der Waals surface area (Å²) in [6.07, 6.45) is 4.74. The second-order valence-corrected chi connectivity index (χ2v) is 12.4. The van der Waals surface area contributed by atoms with Crippen LogP contribution in [0, 0.1) is 23.1 Å². The molecule has 0 spiro atoms. The van der Waals surface area contributed by atoms with Crippen LogP contribution in [0.3, 0.4) is 0 Å². The molecule has 2 aliphatic carbocycles. The maximum atomic E-state index is 15.2.